The Hall–Kier alpha value is -1.79. The highest BCUT2D eigenvalue weighted by Crippen LogP contribution is 2.21. The van der Waals surface area contributed by atoms with Crippen LogP contribution in [0.2, 0.25) is 5.02 Å². The fourth-order valence-corrected chi connectivity index (χ4v) is 3.04. The molecule has 1 atom stereocenters. The molecule has 0 aromatic heterocycles. The summed E-state index contributed by atoms with van der Waals surface area (Å²) in [4.78, 5) is 26.3. The van der Waals surface area contributed by atoms with Crippen LogP contribution in [0.4, 0.5) is 4.79 Å². The van der Waals surface area contributed by atoms with Crippen molar-refractivity contribution in [1.29, 1.82) is 0 Å². The molecule has 0 aliphatic carbocycles. The summed E-state index contributed by atoms with van der Waals surface area (Å²) in [6.07, 6.45) is -0.681. The maximum Gasteiger partial charge on any atom is 0.407 e. The van der Waals surface area contributed by atoms with Crippen molar-refractivity contribution in [1.82, 2.24) is 9.80 Å². The van der Waals surface area contributed by atoms with Gasteiger partial charge < -0.3 is 14.7 Å². The van der Waals surface area contributed by atoms with Crippen molar-refractivity contribution in [3.63, 3.8) is 0 Å². The van der Waals surface area contributed by atoms with Crippen molar-refractivity contribution in [2.45, 2.75) is 25.9 Å². The molecule has 0 saturated carbocycles. The van der Waals surface area contributed by atoms with E-state index in [1.807, 2.05) is 19.1 Å². The van der Waals surface area contributed by atoms with Crippen molar-refractivity contribution >= 4 is 23.7 Å². The van der Waals surface area contributed by atoms with E-state index >= 15 is 0 Å². The van der Waals surface area contributed by atoms with Crippen LogP contribution >= 0.6 is 11.6 Å². The monoisotopic (exact) mass is 340 g/mol. The Kier molecular flexibility index (Phi) is 5.85. The lowest BCUT2D eigenvalue weighted by molar-refractivity contribution is -0.139. The molecule has 0 radical (unpaired) electrons. The third-order valence-corrected chi connectivity index (χ3v) is 4.32. The summed E-state index contributed by atoms with van der Waals surface area (Å²) >= 11 is 6.08. The number of hydrogen-bond donors (Lipinski definition) is 1. The molecule has 1 amide bonds. The molecule has 6 nitrogen and oxygen atoms in total. The van der Waals surface area contributed by atoms with Gasteiger partial charge in [-0.1, -0.05) is 17.7 Å². The van der Waals surface area contributed by atoms with E-state index in [0.29, 0.717) is 31.2 Å². The first kappa shape index (κ1) is 17.6. The van der Waals surface area contributed by atoms with Gasteiger partial charge in [0.2, 0.25) is 0 Å². The zero-order chi connectivity index (χ0) is 17.0. The van der Waals surface area contributed by atoms with Crippen molar-refractivity contribution in [3.8, 4) is 0 Å². The predicted octanol–water partition coefficient (Wildman–Crippen LogP) is 2.24. The van der Waals surface area contributed by atoms with Gasteiger partial charge in [0.15, 0.2) is 0 Å². The molecular formula is C16H21ClN2O4. The van der Waals surface area contributed by atoms with E-state index in [-0.39, 0.29) is 18.4 Å². The number of esters is 1. The number of hydrogen-bond acceptors (Lipinski definition) is 4. The van der Waals surface area contributed by atoms with Gasteiger partial charge in [-0.3, -0.25) is 9.69 Å². The number of rotatable bonds is 4. The number of ether oxygens (including phenoxy) is 1. The number of methoxy groups -OCH3 is 1. The second kappa shape index (κ2) is 7.66. The highest BCUT2D eigenvalue weighted by molar-refractivity contribution is 6.30. The molecule has 1 saturated heterocycles. The SMILES string of the molecule is COC(=O)Cc1ccc(Cl)cc1CN1CCN(C(=O)O)[C@@H](C)C1. The number of carbonyl (C=O) groups excluding carboxylic acids is 1. The lowest BCUT2D eigenvalue weighted by atomic mass is 10.0. The normalized spacial score (nSPS) is 18.7. The molecule has 1 N–H and O–H groups in total. The summed E-state index contributed by atoms with van der Waals surface area (Å²) < 4.78 is 4.73. The predicted molar refractivity (Wildman–Crippen MR) is 86.6 cm³/mol. The fourth-order valence-electron chi connectivity index (χ4n) is 2.84. The number of carbonyl (C=O) groups is 2. The van der Waals surface area contributed by atoms with Crippen molar-refractivity contribution in [2.75, 3.05) is 26.7 Å². The average molecular weight is 341 g/mol. The van der Waals surface area contributed by atoms with E-state index in [0.717, 1.165) is 11.1 Å². The first-order valence-electron chi connectivity index (χ1n) is 7.46. The van der Waals surface area contributed by atoms with Crippen molar-refractivity contribution in [3.05, 3.63) is 34.3 Å². The Bertz CT molecular complexity index is 593. The van der Waals surface area contributed by atoms with Gasteiger partial charge in [0.25, 0.3) is 0 Å². The molecule has 1 aromatic carbocycles. The third-order valence-electron chi connectivity index (χ3n) is 4.08. The molecule has 1 aliphatic heterocycles. The Morgan fingerprint density at radius 2 is 2.09 bits per heavy atom. The highest BCUT2D eigenvalue weighted by atomic mass is 35.5. The molecule has 0 bridgehead atoms. The van der Waals surface area contributed by atoms with Crippen LogP contribution in [0, 0.1) is 0 Å². The summed E-state index contributed by atoms with van der Waals surface area (Å²) in [5.74, 6) is -0.294. The fraction of sp³-hybridized carbons (Fsp3) is 0.500. The smallest absolute Gasteiger partial charge is 0.407 e. The summed E-state index contributed by atoms with van der Waals surface area (Å²) in [6, 6.07) is 5.39. The van der Waals surface area contributed by atoms with Gasteiger partial charge in [-0.25, -0.2) is 4.79 Å². The van der Waals surface area contributed by atoms with Gasteiger partial charge in [0.05, 0.1) is 13.5 Å². The van der Waals surface area contributed by atoms with Crippen LogP contribution < -0.4 is 0 Å². The number of piperazine rings is 1. The van der Waals surface area contributed by atoms with Crippen molar-refractivity contribution < 1.29 is 19.4 Å². The summed E-state index contributed by atoms with van der Waals surface area (Å²) in [5, 5.41) is 9.75. The Morgan fingerprint density at radius 3 is 2.70 bits per heavy atom. The van der Waals surface area contributed by atoms with Crippen LogP contribution in [0.15, 0.2) is 18.2 Å². The minimum Gasteiger partial charge on any atom is -0.469 e. The molecule has 1 aromatic rings. The molecule has 7 heteroatoms. The maximum absolute atomic E-state index is 11.5. The highest BCUT2D eigenvalue weighted by Gasteiger charge is 2.27. The lowest BCUT2D eigenvalue weighted by Crippen LogP contribution is -2.53. The standard InChI is InChI=1S/C16H21ClN2O4/c1-11-9-18(5-6-19(11)16(21)22)10-13-7-14(17)4-3-12(13)8-15(20)23-2/h3-4,7,11H,5-6,8-10H2,1-2H3,(H,21,22)/t11-/m0/s1. The molecular weight excluding hydrogens is 320 g/mol. The molecule has 0 spiro atoms. The van der Waals surface area contributed by atoms with Crippen LogP contribution in [0.1, 0.15) is 18.1 Å². The maximum atomic E-state index is 11.5. The van der Waals surface area contributed by atoms with Crippen LogP contribution in [0.25, 0.3) is 0 Å². The quantitative estimate of drug-likeness (QED) is 0.851. The van der Waals surface area contributed by atoms with E-state index < -0.39 is 6.09 Å². The Balaban J connectivity index is 2.09. The minimum absolute atomic E-state index is 0.0653. The van der Waals surface area contributed by atoms with Gasteiger partial charge in [-0.05, 0) is 30.2 Å². The zero-order valence-electron chi connectivity index (χ0n) is 13.3. The number of halogens is 1. The van der Waals surface area contributed by atoms with Crippen molar-refractivity contribution in [2.24, 2.45) is 0 Å². The Morgan fingerprint density at radius 1 is 1.35 bits per heavy atom. The van der Waals surface area contributed by atoms with Gasteiger partial charge in [-0.15, -0.1) is 0 Å². The number of benzene rings is 1. The van der Waals surface area contributed by atoms with E-state index in [2.05, 4.69) is 4.90 Å². The van der Waals surface area contributed by atoms with Crippen LogP contribution in [-0.4, -0.2) is 59.8 Å². The van der Waals surface area contributed by atoms with Crippen LogP contribution in [0.3, 0.4) is 0 Å². The van der Waals surface area contributed by atoms with Gasteiger partial charge in [0, 0.05) is 37.2 Å². The molecule has 126 valence electrons. The molecule has 1 aliphatic rings. The first-order chi connectivity index (χ1) is 10.9. The molecule has 0 unspecified atom stereocenters. The van der Waals surface area contributed by atoms with Crippen LogP contribution in [0.5, 0.6) is 0 Å². The number of carboxylic acid groups (broad SMARTS) is 1. The zero-order valence-corrected chi connectivity index (χ0v) is 14.0. The van der Waals surface area contributed by atoms with Gasteiger partial charge in [0.1, 0.15) is 0 Å². The lowest BCUT2D eigenvalue weighted by Gasteiger charge is -2.38. The largest absolute Gasteiger partial charge is 0.469 e. The minimum atomic E-state index is -0.883. The van der Waals surface area contributed by atoms with E-state index in [1.165, 1.54) is 12.0 Å². The van der Waals surface area contributed by atoms with E-state index in [9.17, 15) is 9.59 Å². The second-order valence-electron chi connectivity index (χ2n) is 5.73. The number of amides is 1. The third kappa shape index (κ3) is 4.59. The van der Waals surface area contributed by atoms with Gasteiger partial charge >= 0.3 is 12.1 Å². The van der Waals surface area contributed by atoms with E-state index in [1.54, 1.807) is 6.07 Å². The molecule has 2 rings (SSSR count). The number of nitrogens with zero attached hydrogens (tertiary/aromatic N) is 2. The second-order valence-corrected chi connectivity index (χ2v) is 6.16. The molecule has 1 fully saturated rings. The van der Waals surface area contributed by atoms with Crippen LogP contribution in [-0.2, 0) is 22.5 Å². The van der Waals surface area contributed by atoms with E-state index in [4.69, 9.17) is 21.4 Å². The topological polar surface area (TPSA) is 70.1 Å². The molecule has 23 heavy (non-hydrogen) atoms. The molecule has 1 heterocycles. The summed E-state index contributed by atoms with van der Waals surface area (Å²) in [6.45, 7) is 4.30. The Labute approximate surface area is 140 Å². The summed E-state index contributed by atoms with van der Waals surface area (Å²) in [7, 11) is 1.37. The average Bonchev–Trinajstić information content (AvgIpc) is 2.49. The van der Waals surface area contributed by atoms with Gasteiger partial charge in [-0.2, -0.15) is 0 Å². The summed E-state index contributed by atoms with van der Waals surface area (Å²) in [5.41, 5.74) is 1.86. The first-order valence-corrected chi connectivity index (χ1v) is 7.84.